The first-order chi connectivity index (χ1) is 12.9. The van der Waals surface area contributed by atoms with E-state index in [0.29, 0.717) is 42.0 Å². The zero-order valence-corrected chi connectivity index (χ0v) is 15.8. The normalized spacial score (nSPS) is 11.0. The number of benzene rings is 2. The molecule has 0 radical (unpaired) electrons. The van der Waals surface area contributed by atoms with E-state index in [0.717, 1.165) is 11.1 Å². The summed E-state index contributed by atoms with van der Waals surface area (Å²) >= 11 is 0. The van der Waals surface area contributed by atoms with Gasteiger partial charge in [0.25, 0.3) is 5.56 Å². The third kappa shape index (κ3) is 3.77. The molecule has 0 aliphatic carbocycles. The highest BCUT2D eigenvalue weighted by Gasteiger charge is 2.17. The van der Waals surface area contributed by atoms with Gasteiger partial charge in [0.2, 0.25) is 0 Å². The average Bonchev–Trinajstić information content (AvgIpc) is 2.63. The lowest BCUT2D eigenvalue weighted by atomic mass is 10.1. The molecule has 0 saturated heterocycles. The predicted octanol–water partition coefficient (Wildman–Crippen LogP) is 4.18. The highest BCUT2D eigenvalue weighted by Crippen LogP contribution is 2.30. The van der Waals surface area contributed by atoms with Gasteiger partial charge in [-0.15, -0.1) is 0 Å². The van der Waals surface area contributed by atoms with Gasteiger partial charge in [-0.25, -0.2) is 9.37 Å². The minimum absolute atomic E-state index is 0.114. The first kappa shape index (κ1) is 18.8. The number of hydrogen-bond donors (Lipinski definition) is 1. The highest BCUT2D eigenvalue weighted by molar-refractivity contribution is 5.66. The fourth-order valence-corrected chi connectivity index (χ4v) is 3.29. The lowest BCUT2D eigenvalue weighted by Crippen LogP contribution is -2.28. The Bertz CT molecular complexity index is 1040. The zero-order valence-electron chi connectivity index (χ0n) is 15.8. The third-order valence-corrected chi connectivity index (χ3v) is 4.81. The quantitative estimate of drug-likeness (QED) is 0.737. The van der Waals surface area contributed by atoms with Gasteiger partial charge in [-0.2, -0.15) is 0 Å². The molecule has 0 fully saturated rings. The van der Waals surface area contributed by atoms with E-state index in [1.54, 1.807) is 29.7 Å². The topological polar surface area (TPSA) is 55.1 Å². The van der Waals surface area contributed by atoms with Gasteiger partial charge in [0, 0.05) is 17.8 Å². The van der Waals surface area contributed by atoms with Crippen LogP contribution in [0.5, 0.6) is 5.75 Å². The van der Waals surface area contributed by atoms with Gasteiger partial charge in [0.05, 0.1) is 5.56 Å². The van der Waals surface area contributed by atoms with Crippen molar-refractivity contribution in [2.45, 2.75) is 40.2 Å². The maximum Gasteiger partial charge on any atom is 0.257 e. The molecule has 4 nitrogen and oxygen atoms in total. The van der Waals surface area contributed by atoms with Crippen LogP contribution in [0.1, 0.15) is 29.3 Å². The van der Waals surface area contributed by atoms with Crippen molar-refractivity contribution in [3.8, 4) is 17.1 Å². The molecule has 0 spiro atoms. The monoisotopic (exact) mass is 366 g/mol. The second-order valence-electron chi connectivity index (χ2n) is 6.66. The van der Waals surface area contributed by atoms with E-state index < -0.39 is 0 Å². The maximum atomic E-state index is 13.5. The fraction of sp³-hybridized carbons (Fsp3) is 0.273. The molecule has 140 valence electrons. The van der Waals surface area contributed by atoms with Crippen LogP contribution < -0.4 is 5.56 Å². The highest BCUT2D eigenvalue weighted by atomic mass is 19.1. The molecule has 1 aromatic heterocycles. The largest absolute Gasteiger partial charge is 0.507 e. The van der Waals surface area contributed by atoms with Gasteiger partial charge in [0.15, 0.2) is 0 Å². The standard InChI is InChI=1S/C22H23FN2O2/c1-4-18-15(3)24-21(19-10-5-7-14(2)20(19)26)25(22(18)27)12-11-16-8-6-9-17(23)13-16/h5-10,13,26H,4,11-12H2,1-3H3. The summed E-state index contributed by atoms with van der Waals surface area (Å²) in [7, 11) is 0. The molecule has 5 heteroatoms. The summed E-state index contributed by atoms with van der Waals surface area (Å²) < 4.78 is 15.1. The molecule has 1 N–H and O–H groups in total. The number of aromatic hydroxyl groups is 1. The summed E-state index contributed by atoms with van der Waals surface area (Å²) in [5, 5.41) is 10.5. The molecule has 27 heavy (non-hydrogen) atoms. The minimum atomic E-state index is -0.298. The van der Waals surface area contributed by atoms with E-state index in [2.05, 4.69) is 4.98 Å². The van der Waals surface area contributed by atoms with Gasteiger partial charge in [-0.3, -0.25) is 9.36 Å². The van der Waals surface area contributed by atoms with Gasteiger partial charge >= 0.3 is 0 Å². The maximum absolute atomic E-state index is 13.5. The van der Waals surface area contributed by atoms with Gasteiger partial charge in [-0.1, -0.05) is 31.2 Å². The summed E-state index contributed by atoms with van der Waals surface area (Å²) in [6.07, 6.45) is 1.07. The first-order valence-electron chi connectivity index (χ1n) is 9.06. The molecular formula is C22H23FN2O2. The van der Waals surface area contributed by atoms with Crippen molar-refractivity contribution in [2.24, 2.45) is 0 Å². The Labute approximate surface area is 158 Å². The second-order valence-corrected chi connectivity index (χ2v) is 6.66. The van der Waals surface area contributed by atoms with Crippen molar-refractivity contribution in [1.29, 1.82) is 0 Å². The average molecular weight is 366 g/mol. The third-order valence-electron chi connectivity index (χ3n) is 4.81. The number of halogens is 1. The van der Waals surface area contributed by atoms with Gasteiger partial charge in [-0.05, 0) is 56.0 Å². The SMILES string of the molecule is CCc1c(C)nc(-c2cccc(C)c2O)n(CCc2cccc(F)c2)c1=O. The number of phenols is 1. The van der Waals surface area contributed by atoms with Gasteiger partial charge in [0.1, 0.15) is 17.4 Å². The van der Waals surface area contributed by atoms with E-state index in [9.17, 15) is 14.3 Å². The Kier molecular flexibility index (Phi) is 5.40. The number of nitrogens with zero attached hydrogens (tertiary/aromatic N) is 2. The lowest BCUT2D eigenvalue weighted by molar-refractivity contribution is 0.471. The summed E-state index contributed by atoms with van der Waals surface area (Å²) in [6.45, 7) is 5.90. The molecule has 0 aliphatic heterocycles. The van der Waals surface area contributed by atoms with Crippen molar-refractivity contribution < 1.29 is 9.50 Å². The van der Waals surface area contributed by atoms with Crippen LogP contribution in [0.15, 0.2) is 47.3 Å². The Morgan fingerprint density at radius 1 is 1.15 bits per heavy atom. The summed E-state index contributed by atoms with van der Waals surface area (Å²) in [5.74, 6) is 0.257. The summed E-state index contributed by atoms with van der Waals surface area (Å²) in [4.78, 5) is 17.7. The smallest absolute Gasteiger partial charge is 0.257 e. The van der Waals surface area contributed by atoms with Crippen LogP contribution in [0.3, 0.4) is 0 Å². The van der Waals surface area contributed by atoms with Crippen LogP contribution >= 0.6 is 0 Å². The van der Waals surface area contributed by atoms with E-state index >= 15 is 0 Å². The predicted molar refractivity (Wildman–Crippen MR) is 105 cm³/mol. The van der Waals surface area contributed by atoms with Crippen molar-refractivity contribution in [3.05, 3.63) is 81.0 Å². The number of hydrogen-bond acceptors (Lipinski definition) is 3. The molecule has 0 amide bonds. The number of aromatic nitrogens is 2. The molecule has 3 aromatic rings. The van der Waals surface area contributed by atoms with E-state index in [4.69, 9.17) is 0 Å². The van der Waals surface area contributed by atoms with E-state index in [-0.39, 0.29) is 17.1 Å². The first-order valence-corrected chi connectivity index (χ1v) is 9.06. The van der Waals surface area contributed by atoms with E-state index in [1.807, 2.05) is 26.0 Å². The van der Waals surface area contributed by atoms with Crippen molar-refractivity contribution in [1.82, 2.24) is 9.55 Å². The molecule has 0 saturated carbocycles. The molecule has 1 heterocycles. The molecule has 3 rings (SSSR count). The molecule has 0 atom stereocenters. The van der Waals surface area contributed by atoms with Crippen molar-refractivity contribution >= 4 is 0 Å². The van der Waals surface area contributed by atoms with E-state index in [1.165, 1.54) is 12.1 Å². The second kappa shape index (κ2) is 7.74. The number of para-hydroxylation sites is 1. The lowest BCUT2D eigenvalue weighted by Gasteiger charge is -2.17. The summed E-state index contributed by atoms with van der Waals surface area (Å²) in [5.41, 5.74) is 3.26. The Hall–Kier alpha value is -2.95. The Morgan fingerprint density at radius 2 is 1.89 bits per heavy atom. The number of phenolic OH excluding ortho intramolecular Hbond substituents is 1. The molecule has 0 bridgehead atoms. The molecule has 2 aromatic carbocycles. The van der Waals surface area contributed by atoms with Gasteiger partial charge < -0.3 is 5.11 Å². The van der Waals surface area contributed by atoms with Crippen LogP contribution in [0.2, 0.25) is 0 Å². The molecule has 0 aliphatic rings. The van der Waals surface area contributed by atoms with Crippen LogP contribution in [0.25, 0.3) is 11.4 Å². The Balaban J connectivity index is 2.12. The van der Waals surface area contributed by atoms with Crippen LogP contribution in [-0.4, -0.2) is 14.7 Å². The molecular weight excluding hydrogens is 343 g/mol. The van der Waals surface area contributed by atoms with Crippen LogP contribution in [-0.2, 0) is 19.4 Å². The number of rotatable bonds is 5. The van der Waals surface area contributed by atoms with Crippen LogP contribution in [0.4, 0.5) is 4.39 Å². The molecule has 0 unspecified atom stereocenters. The van der Waals surface area contributed by atoms with Crippen LogP contribution in [0, 0.1) is 19.7 Å². The zero-order chi connectivity index (χ0) is 19.6. The number of aryl methyl sites for hydroxylation is 3. The van der Waals surface area contributed by atoms with Crippen molar-refractivity contribution in [3.63, 3.8) is 0 Å². The van der Waals surface area contributed by atoms with Crippen molar-refractivity contribution in [2.75, 3.05) is 0 Å². The minimum Gasteiger partial charge on any atom is -0.507 e. The fourth-order valence-electron chi connectivity index (χ4n) is 3.29. The Morgan fingerprint density at radius 3 is 2.59 bits per heavy atom. The summed E-state index contributed by atoms with van der Waals surface area (Å²) in [6, 6.07) is 11.8.